The molecule has 0 spiro atoms. The second-order valence-electron chi connectivity index (χ2n) is 7.39. The SMILES string of the molecule is C=CCOC(CC(=O)O)c1ccc(OCc2cccc(-c3c(C)cccc3C)c2)nc1. The van der Waals surface area contributed by atoms with Crippen LogP contribution in [-0.4, -0.2) is 22.7 Å². The Balaban J connectivity index is 1.69. The number of rotatable bonds is 10. The van der Waals surface area contributed by atoms with Crippen LogP contribution in [0.25, 0.3) is 11.1 Å². The smallest absolute Gasteiger partial charge is 0.306 e. The van der Waals surface area contributed by atoms with Crippen LogP contribution in [0.5, 0.6) is 5.88 Å². The topological polar surface area (TPSA) is 68.7 Å². The molecule has 160 valence electrons. The van der Waals surface area contributed by atoms with Gasteiger partial charge >= 0.3 is 5.97 Å². The number of carboxylic acid groups (broad SMARTS) is 1. The Morgan fingerprint density at radius 1 is 1.13 bits per heavy atom. The van der Waals surface area contributed by atoms with E-state index in [9.17, 15) is 4.79 Å². The third-order valence-corrected chi connectivity index (χ3v) is 4.99. The monoisotopic (exact) mass is 417 g/mol. The maximum absolute atomic E-state index is 11.1. The zero-order chi connectivity index (χ0) is 22.2. The molecule has 0 radical (unpaired) electrons. The molecule has 1 heterocycles. The van der Waals surface area contributed by atoms with Gasteiger partial charge in [-0.25, -0.2) is 4.98 Å². The number of aryl methyl sites for hydroxylation is 2. The second kappa shape index (κ2) is 10.5. The summed E-state index contributed by atoms with van der Waals surface area (Å²) in [5.74, 6) is -0.461. The lowest BCUT2D eigenvalue weighted by Gasteiger charge is -2.15. The van der Waals surface area contributed by atoms with E-state index < -0.39 is 12.1 Å². The van der Waals surface area contributed by atoms with E-state index >= 15 is 0 Å². The fraction of sp³-hybridized carbons (Fsp3) is 0.231. The van der Waals surface area contributed by atoms with Crippen LogP contribution in [0, 0.1) is 13.8 Å². The molecular weight excluding hydrogens is 390 g/mol. The Kier molecular flexibility index (Phi) is 7.57. The number of hydrogen-bond acceptors (Lipinski definition) is 4. The van der Waals surface area contributed by atoms with E-state index in [0.717, 1.165) is 11.1 Å². The van der Waals surface area contributed by atoms with Crippen molar-refractivity contribution >= 4 is 5.97 Å². The lowest BCUT2D eigenvalue weighted by Crippen LogP contribution is -2.11. The molecule has 0 fully saturated rings. The highest BCUT2D eigenvalue weighted by molar-refractivity contribution is 5.71. The van der Waals surface area contributed by atoms with Crippen LogP contribution in [0.1, 0.15) is 34.8 Å². The van der Waals surface area contributed by atoms with Gasteiger partial charge in [-0.05, 0) is 59.4 Å². The molecule has 1 aromatic heterocycles. The summed E-state index contributed by atoms with van der Waals surface area (Å²) in [6.07, 6.45) is 2.47. The lowest BCUT2D eigenvalue weighted by atomic mass is 9.95. The number of ether oxygens (including phenoxy) is 2. The Hall–Kier alpha value is -3.44. The van der Waals surface area contributed by atoms with Crippen LogP contribution in [0.15, 0.2) is 73.4 Å². The Labute approximate surface area is 183 Å². The first-order chi connectivity index (χ1) is 15.0. The fourth-order valence-electron chi connectivity index (χ4n) is 3.53. The summed E-state index contributed by atoms with van der Waals surface area (Å²) < 4.78 is 11.4. The van der Waals surface area contributed by atoms with E-state index in [1.807, 2.05) is 12.1 Å². The van der Waals surface area contributed by atoms with Gasteiger partial charge in [0.05, 0.1) is 19.1 Å². The van der Waals surface area contributed by atoms with Crippen molar-refractivity contribution in [1.82, 2.24) is 4.98 Å². The van der Waals surface area contributed by atoms with Gasteiger partial charge in [0.25, 0.3) is 0 Å². The van der Waals surface area contributed by atoms with Crippen molar-refractivity contribution in [2.45, 2.75) is 33.0 Å². The molecular formula is C26H27NO4. The summed E-state index contributed by atoms with van der Waals surface area (Å²) >= 11 is 0. The average molecular weight is 418 g/mol. The predicted octanol–water partition coefficient (Wildman–Crippen LogP) is 5.66. The summed E-state index contributed by atoms with van der Waals surface area (Å²) in [4.78, 5) is 15.4. The molecule has 0 bridgehead atoms. The Bertz CT molecular complexity index is 1020. The van der Waals surface area contributed by atoms with Gasteiger partial charge in [0.2, 0.25) is 5.88 Å². The molecule has 1 N–H and O–H groups in total. The van der Waals surface area contributed by atoms with Crippen LogP contribution in [0.3, 0.4) is 0 Å². The van der Waals surface area contributed by atoms with Gasteiger partial charge in [0, 0.05) is 12.3 Å². The number of carbonyl (C=O) groups is 1. The normalized spacial score (nSPS) is 11.7. The third kappa shape index (κ3) is 6.03. The van der Waals surface area contributed by atoms with Gasteiger partial charge < -0.3 is 14.6 Å². The molecule has 5 heteroatoms. The van der Waals surface area contributed by atoms with Crippen LogP contribution < -0.4 is 4.74 Å². The molecule has 0 saturated heterocycles. The van der Waals surface area contributed by atoms with Crippen molar-refractivity contribution in [2.75, 3.05) is 6.61 Å². The lowest BCUT2D eigenvalue weighted by molar-refractivity contribution is -0.140. The van der Waals surface area contributed by atoms with Crippen LogP contribution in [0.4, 0.5) is 0 Å². The minimum absolute atomic E-state index is 0.138. The van der Waals surface area contributed by atoms with Crippen molar-refractivity contribution in [1.29, 1.82) is 0 Å². The minimum Gasteiger partial charge on any atom is -0.481 e. The first kappa shape index (κ1) is 22.2. The maximum atomic E-state index is 11.1. The highest BCUT2D eigenvalue weighted by Gasteiger charge is 2.16. The summed E-state index contributed by atoms with van der Waals surface area (Å²) in [7, 11) is 0. The number of aliphatic carboxylic acids is 1. The molecule has 5 nitrogen and oxygen atoms in total. The van der Waals surface area contributed by atoms with Crippen molar-refractivity contribution in [3.63, 3.8) is 0 Å². The molecule has 3 rings (SSSR count). The van der Waals surface area contributed by atoms with Crippen LogP contribution in [-0.2, 0) is 16.1 Å². The van der Waals surface area contributed by atoms with E-state index in [-0.39, 0.29) is 13.0 Å². The summed E-state index contributed by atoms with van der Waals surface area (Å²) in [6.45, 7) is 8.49. The number of pyridine rings is 1. The summed E-state index contributed by atoms with van der Waals surface area (Å²) in [5.41, 5.74) is 6.62. The predicted molar refractivity (Wildman–Crippen MR) is 121 cm³/mol. The van der Waals surface area contributed by atoms with Crippen molar-refractivity contribution in [2.24, 2.45) is 0 Å². The summed E-state index contributed by atoms with van der Waals surface area (Å²) in [5, 5.41) is 9.10. The van der Waals surface area contributed by atoms with Gasteiger partial charge in [0.15, 0.2) is 0 Å². The molecule has 0 aliphatic rings. The molecule has 0 amide bonds. The van der Waals surface area contributed by atoms with E-state index in [1.165, 1.54) is 16.7 Å². The highest BCUT2D eigenvalue weighted by atomic mass is 16.5. The van der Waals surface area contributed by atoms with Gasteiger partial charge in [-0.2, -0.15) is 0 Å². The van der Waals surface area contributed by atoms with Gasteiger partial charge in [0.1, 0.15) is 6.61 Å². The number of nitrogens with zero attached hydrogens (tertiary/aromatic N) is 1. The number of hydrogen-bond donors (Lipinski definition) is 1. The quantitative estimate of drug-likeness (QED) is 0.431. The Morgan fingerprint density at radius 3 is 2.52 bits per heavy atom. The molecule has 31 heavy (non-hydrogen) atoms. The van der Waals surface area contributed by atoms with Crippen LogP contribution >= 0.6 is 0 Å². The van der Waals surface area contributed by atoms with E-state index in [1.54, 1.807) is 24.4 Å². The van der Waals surface area contributed by atoms with Gasteiger partial charge in [-0.15, -0.1) is 6.58 Å². The van der Waals surface area contributed by atoms with E-state index in [0.29, 0.717) is 18.1 Å². The van der Waals surface area contributed by atoms with Gasteiger partial charge in [-0.1, -0.05) is 42.5 Å². The van der Waals surface area contributed by atoms with E-state index in [2.05, 4.69) is 55.7 Å². The fourth-order valence-corrected chi connectivity index (χ4v) is 3.53. The second-order valence-corrected chi connectivity index (χ2v) is 7.39. The largest absolute Gasteiger partial charge is 0.481 e. The molecule has 0 saturated carbocycles. The zero-order valence-electron chi connectivity index (χ0n) is 17.9. The molecule has 0 aliphatic heterocycles. The molecule has 2 aromatic carbocycles. The Morgan fingerprint density at radius 2 is 1.87 bits per heavy atom. The molecule has 1 unspecified atom stereocenters. The third-order valence-electron chi connectivity index (χ3n) is 4.99. The van der Waals surface area contributed by atoms with Gasteiger partial charge in [-0.3, -0.25) is 4.79 Å². The van der Waals surface area contributed by atoms with Crippen molar-refractivity contribution in [3.8, 4) is 17.0 Å². The minimum atomic E-state index is -0.932. The van der Waals surface area contributed by atoms with Crippen molar-refractivity contribution < 1.29 is 19.4 Å². The first-order valence-corrected chi connectivity index (χ1v) is 10.2. The molecule has 1 atom stereocenters. The standard InChI is InChI=1S/C26H27NO4/c1-4-13-30-23(15-25(28)29)22-11-12-24(27-16-22)31-17-20-9-6-10-21(14-20)26-18(2)7-5-8-19(26)3/h4-12,14,16,23H,1,13,15,17H2,2-3H3,(H,28,29). The number of benzene rings is 2. The van der Waals surface area contributed by atoms with Crippen LogP contribution in [0.2, 0.25) is 0 Å². The number of aromatic nitrogens is 1. The van der Waals surface area contributed by atoms with Crippen molar-refractivity contribution in [3.05, 3.63) is 95.7 Å². The molecule has 0 aliphatic carbocycles. The highest BCUT2D eigenvalue weighted by Crippen LogP contribution is 2.28. The summed E-state index contributed by atoms with van der Waals surface area (Å²) in [6, 6.07) is 18.1. The van der Waals surface area contributed by atoms with E-state index in [4.69, 9.17) is 14.6 Å². The zero-order valence-corrected chi connectivity index (χ0v) is 17.9. The number of carboxylic acids is 1. The average Bonchev–Trinajstić information content (AvgIpc) is 2.75. The first-order valence-electron chi connectivity index (χ1n) is 10.2. The maximum Gasteiger partial charge on any atom is 0.306 e. The molecule has 3 aromatic rings.